The van der Waals surface area contributed by atoms with Gasteiger partial charge >= 0.3 is 7.12 Å². The number of carbonyl (C=O) groups is 1. The third-order valence-corrected chi connectivity index (χ3v) is 6.85. The first kappa shape index (κ1) is 21.4. The normalized spacial score (nSPS) is 19.7. The Balaban J connectivity index is 1.49. The van der Waals surface area contributed by atoms with Crippen LogP contribution in [0.25, 0.3) is 0 Å². The average molecular weight is 426 g/mol. The average Bonchev–Trinajstić information content (AvgIpc) is 2.89. The van der Waals surface area contributed by atoms with Crippen LogP contribution < -0.4 is 10.4 Å². The Morgan fingerprint density at radius 2 is 1.83 bits per heavy atom. The van der Waals surface area contributed by atoms with Crippen LogP contribution in [0.3, 0.4) is 0 Å². The summed E-state index contributed by atoms with van der Waals surface area (Å²) in [5.41, 5.74) is 4.01. The number of hydrogen-bond donors (Lipinski definition) is 1. The van der Waals surface area contributed by atoms with E-state index in [0.717, 1.165) is 48.2 Å². The second-order valence-corrected chi connectivity index (χ2v) is 10.2. The Kier molecular flexibility index (Phi) is 5.50. The molecule has 0 atom stereocenters. The zero-order valence-corrected chi connectivity index (χ0v) is 18.9. The smallest absolute Gasteiger partial charge is 0.423 e. The zero-order valence-electron chi connectivity index (χ0n) is 18.2. The maximum atomic E-state index is 12.9. The Bertz CT molecular complexity index is 978. The fourth-order valence-electron chi connectivity index (χ4n) is 4.46. The topological polar surface area (TPSA) is 49.8 Å². The first-order chi connectivity index (χ1) is 14.1. The molecule has 158 valence electrons. The highest BCUT2D eigenvalue weighted by molar-refractivity contribution is 6.62. The van der Waals surface area contributed by atoms with E-state index in [-0.39, 0.29) is 12.2 Å². The van der Waals surface area contributed by atoms with Crippen LogP contribution in [0.2, 0.25) is 5.02 Å². The molecule has 0 aliphatic carbocycles. The van der Waals surface area contributed by atoms with Gasteiger partial charge in [0.25, 0.3) is 0 Å². The number of nitrogens with zero attached hydrogens (tertiary/aromatic N) is 1. The molecule has 0 saturated carbocycles. The van der Waals surface area contributed by atoms with Gasteiger partial charge in [0.05, 0.1) is 10.6 Å². The molecule has 1 saturated heterocycles. The van der Waals surface area contributed by atoms with Crippen molar-refractivity contribution >= 4 is 35.7 Å². The van der Waals surface area contributed by atoms with E-state index in [1.165, 1.54) is 0 Å². The van der Waals surface area contributed by atoms with Gasteiger partial charge in [-0.15, -0.1) is 0 Å². The van der Waals surface area contributed by atoms with Crippen molar-refractivity contribution in [3.8, 4) is 0 Å². The predicted octanol–water partition coefficient (Wildman–Crippen LogP) is 4.34. The predicted molar refractivity (Wildman–Crippen MR) is 123 cm³/mol. The molecule has 0 radical (unpaired) electrons. The molecule has 2 aromatic carbocycles. The lowest BCUT2D eigenvalue weighted by Gasteiger charge is -2.38. The molecule has 2 heterocycles. The maximum Gasteiger partial charge on any atom is 0.492 e. The van der Waals surface area contributed by atoms with Gasteiger partial charge in [0.2, 0.25) is 0 Å². The van der Waals surface area contributed by atoms with Crippen molar-refractivity contribution in [2.24, 2.45) is 5.41 Å². The molecule has 0 unspecified atom stereocenters. The van der Waals surface area contributed by atoms with E-state index in [2.05, 4.69) is 18.7 Å². The van der Waals surface area contributed by atoms with Crippen molar-refractivity contribution in [2.45, 2.75) is 52.6 Å². The summed E-state index contributed by atoms with van der Waals surface area (Å²) < 4.78 is 5.61. The van der Waals surface area contributed by atoms with Crippen molar-refractivity contribution in [3.05, 3.63) is 58.1 Å². The highest BCUT2D eigenvalue weighted by Crippen LogP contribution is 2.34. The van der Waals surface area contributed by atoms with Crippen LogP contribution in [0.5, 0.6) is 0 Å². The lowest BCUT2D eigenvalue weighted by molar-refractivity contribution is 0.0991. The lowest BCUT2D eigenvalue weighted by atomic mass is 9.77. The zero-order chi connectivity index (χ0) is 21.7. The second kappa shape index (κ2) is 7.70. The number of ketones is 1. The molecule has 6 heteroatoms. The van der Waals surface area contributed by atoms with Gasteiger partial charge < -0.3 is 14.6 Å². The number of benzene rings is 2. The van der Waals surface area contributed by atoms with E-state index in [4.69, 9.17) is 16.3 Å². The number of Topliss-reactive ketones (excluding diaryl/α,β-unsaturated/α-hetero) is 1. The standard InChI is InChI=1S/C24H29BClNO3/c1-23(2)9-11-27(12-10-23)17-6-7-18(21(26)15-17)22(28)14-16-5-8-19-20(13-16)25(29)30-24(19,3)4/h5-8,13,15,29H,9-12,14H2,1-4H3. The number of halogens is 1. The Morgan fingerprint density at radius 1 is 1.13 bits per heavy atom. The molecule has 2 aliphatic rings. The molecule has 2 aromatic rings. The van der Waals surface area contributed by atoms with Crippen molar-refractivity contribution < 1.29 is 14.5 Å². The summed E-state index contributed by atoms with van der Waals surface area (Å²) in [4.78, 5) is 15.3. The minimum Gasteiger partial charge on any atom is -0.423 e. The number of rotatable bonds is 4. The molecule has 4 rings (SSSR count). The number of piperidine rings is 1. The highest BCUT2D eigenvalue weighted by Gasteiger charge is 2.40. The minimum absolute atomic E-state index is 0.0288. The van der Waals surface area contributed by atoms with Crippen molar-refractivity contribution in [1.82, 2.24) is 0 Å². The van der Waals surface area contributed by atoms with E-state index >= 15 is 0 Å². The van der Waals surface area contributed by atoms with E-state index < -0.39 is 12.7 Å². The van der Waals surface area contributed by atoms with Crippen molar-refractivity contribution in [2.75, 3.05) is 18.0 Å². The van der Waals surface area contributed by atoms with Gasteiger partial charge in [0.15, 0.2) is 5.78 Å². The molecule has 1 fully saturated rings. The number of fused-ring (bicyclic) bond motifs is 1. The molecule has 1 N–H and O–H groups in total. The Morgan fingerprint density at radius 3 is 2.50 bits per heavy atom. The molecule has 0 aromatic heterocycles. The highest BCUT2D eigenvalue weighted by atomic mass is 35.5. The van der Waals surface area contributed by atoms with E-state index in [1.807, 2.05) is 50.2 Å². The largest absolute Gasteiger partial charge is 0.492 e. The molecule has 2 aliphatic heterocycles. The molecule has 0 bridgehead atoms. The fraction of sp³-hybridized carbons (Fsp3) is 0.458. The monoisotopic (exact) mass is 425 g/mol. The summed E-state index contributed by atoms with van der Waals surface area (Å²) in [6.07, 6.45) is 2.53. The third kappa shape index (κ3) is 4.16. The van der Waals surface area contributed by atoms with Crippen LogP contribution in [-0.4, -0.2) is 31.0 Å². The Labute approximate surface area is 184 Å². The van der Waals surface area contributed by atoms with Gasteiger partial charge in [-0.1, -0.05) is 43.6 Å². The van der Waals surface area contributed by atoms with Gasteiger partial charge in [-0.2, -0.15) is 0 Å². The third-order valence-electron chi connectivity index (χ3n) is 6.54. The van der Waals surface area contributed by atoms with Crippen LogP contribution in [0.4, 0.5) is 5.69 Å². The van der Waals surface area contributed by atoms with Crippen LogP contribution in [0.1, 0.15) is 62.0 Å². The molecule has 0 spiro atoms. The molecular weight excluding hydrogens is 397 g/mol. The summed E-state index contributed by atoms with van der Waals surface area (Å²) in [6.45, 7) is 10.5. The van der Waals surface area contributed by atoms with Crippen LogP contribution >= 0.6 is 11.6 Å². The summed E-state index contributed by atoms with van der Waals surface area (Å²) >= 11 is 6.51. The van der Waals surface area contributed by atoms with Gasteiger partial charge in [-0.05, 0) is 66.9 Å². The van der Waals surface area contributed by atoms with Gasteiger partial charge in [-0.25, -0.2) is 0 Å². The minimum atomic E-state index is -0.956. The first-order valence-corrected chi connectivity index (χ1v) is 11.0. The van der Waals surface area contributed by atoms with Crippen molar-refractivity contribution in [1.29, 1.82) is 0 Å². The Hall–Kier alpha value is -1.82. The molecule has 4 nitrogen and oxygen atoms in total. The van der Waals surface area contributed by atoms with E-state index in [9.17, 15) is 9.82 Å². The van der Waals surface area contributed by atoms with E-state index in [0.29, 0.717) is 16.0 Å². The summed E-state index contributed by atoms with van der Waals surface area (Å²) in [7, 11) is -0.956. The maximum absolute atomic E-state index is 12.9. The quantitative estimate of drug-likeness (QED) is 0.584. The van der Waals surface area contributed by atoms with Gasteiger partial charge in [0, 0.05) is 30.8 Å². The first-order valence-electron chi connectivity index (χ1n) is 10.6. The van der Waals surface area contributed by atoms with E-state index in [1.54, 1.807) is 0 Å². The van der Waals surface area contributed by atoms with Crippen molar-refractivity contribution in [3.63, 3.8) is 0 Å². The van der Waals surface area contributed by atoms with Gasteiger partial charge in [-0.3, -0.25) is 4.79 Å². The van der Waals surface area contributed by atoms with Crippen LogP contribution in [0, 0.1) is 5.41 Å². The fourth-order valence-corrected chi connectivity index (χ4v) is 4.74. The molecular formula is C24H29BClNO3. The second-order valence-electron chi connectivity index (χ2n) is 9.82. The lowest BCUT2D eigenvalue weighted by Crippen LogP contribution is -2.37. The SMILES string of the molecule is CC1(C)CCN(c2ccc(C(=O)Cc3ccc4c(c3)B(O)OC4(C)C)c(Cl)c2)CC1. The summed E-state index contributed by atoms with van der Waals surface area (Å²) in [5.74, 6) is -0.0288. The molecule has 30 heavy (non-hydrogen) atoms. The van der Waals surface area contributed by atoms with Crippen LogP contribution in [-0.2, 0) is 16.7 Å². The number of anilines is 1. The number of hydrogen-bond acceptors (Lipinski definition) is 4. The van der Waals surface area contributed by atoms with Gasteiger partial charge in [0.1, 0.15) is 0 Å². The molecule has 0 amide bonds. The van der Waals surface area contributed by atoms with Crippen LogP contribution in [0.15, 0.2) is 36.4 Å². The summed E-state index contributed by atoms with van der Waals surface area (Å²) in [5, 5.41) is 10.7. The number of carbonyl (C=O) groups excluding carboxylic acids is 1. The summed E-state index contributed by atoms with van der Waals surface area (Å²) in [6, 6.07) is 11.5.